The molecular weight excluding hydrogens is 194 g/mol. The second kappa shape index (κ2) is 5.24. The van der Waals surface area contributed by atoms with Gasteiger partial charge in [0.1, 0.15) is 0 Å². The maximum atomic E-state index is 11.6. The first-order valence-corrected chi connectivity index (χ1v) is 4.87. The fourth-order valence-corrected chi connectivity index (χ4v) is 1.32. The van der Waals surface area contributed by atoms with E-state index < -0.39 is 6.04 Å². The van der Waals surface area contributed by atoms with Crippen molar-refractivity contribution in [3.8, 4) is 0 Å². The molecule has 0 radical (unpaired) electrons. The molecule has 0 fully saturated rings. The van der Waals surface area contributed by atoms with Gasteiger partial charge < -0.3 is 0 Å². The van der Waals surface area contributed by atoms with Crippen LogP contribution in [-0.4, -0.2) is 16.7 Å². The fraction of sp³-hybridized carbons (Fsp3) is 0.364. The molecule has 0 spiro atoms. The largest absolute Gasteiger partial charge is 0.294 e. The Labute approximate surface area is 88.1 Å². The summed E-state index contributed by atoms with van der Waals surface area (Å²) in [5.41, 5.74) is 0.540. The van der Waals surface area contributed by atoms with E-state index in [4.69, 9.17) is 0 Å². The van der Waals surface area contributed by atoms with Crippen LogP contribution in [0.5, 0.6) is 0 Å². The topological polar surface area (TPSA) is 60.2 Å². The highest BCUT2D eigenvalue weighted by molar-refractivity contribution is 5.96. The summed E-state index contributed by atoms with van der Waals surface area (Å²) in [5.74, 6) is -0.167. The van der Waals surface area contributed by atoms with Gasteiger partial charge in [-0.2, -0.15) is 0 Å². The summed E-state index contributed by atoms with van der Waals surface area (Å²) in [6, 6.07) is 7.89. The van der Waals surface area contributed by atoms with Gasteiger partial charge in [0.05, 0.1) is 6.42 Å². The number of hydrogen-bond acceptors (Lipinski definition) is 3. The van der Waals surface area contributed by atoms with Gasteiger partial charge in [-0.05, 0) is 0 Å². The monoisotopic (exact) mass is 207 g/mol. The molecule has 1 atom stereocenters. The van der Waals surface area contributed by atoms with Crippen molar-refractivity contribution >= 4 is 5.78 Å². The Morgan fingerprint density at radius 1 is 1.40 bits per heavy atom. The zero-order valence-corrected chi connectivity index (χ0v) is 8.55. The molecule has 1 aromatic carbocycles. The minimum Gasteiger partial charge on any atom is -0.294 e. The van der Waals surface area contributed by atoms with Gasteiger partial charge in [-0.1, -0.05) is 37.3 Å². The second-order valence-corrected chi connectivity index (χ2v) is 3.34. The number of hydrogen-bond donors (Lipinski definition) is 0. The first-order chi connectivity index (χ1) is 7.15. The van der Waals surface area contributed by atoms with Crippen molar-refractivity contribution in [2.45, 2.75) is 25.8 Å². The minimum absolute atomic E-state index is 0.0203. The van der Waals surface area contributed by atoms with E-state index in [9.17, 15) is 14.9 Å². The maximum Gasteiger partial charge on any atom is 0.220 e. The lowest BCUT2D eigenvalue weighted by Gasteiger charge is -2.05. The Hall–Kier alpha value is -1.71. The van der Waals surface area contributed by atoms with E-state index in [0.717, 1.165) is 0 Å². The van der Waals surface area contributed by atoms with E-state index in [1.54, 1.807) is 31.2 Å². The fourth-order valence-electron chi connectivity index (χ4n) is 1.32. The van der Waals surface area contributed by atoms with Crippen LogP contribution in [0.4, 0.5) is 0 Å². The molecule has 4 heteroatoms. The highest BCUT2D eigenvalue weighted by Gasteiger charge is 2.22. The molecule has 4 nitrogen and oxygen atoms in total. The molecule has 0 heterocycles. The summed E-state index contributed by atoms with van der Waals surface area (Å²) in [5, 5.41) is 10.6. The van der Waals surface area contributed by atoms with E-state index >= 15 is 0 Å². The number of carbonyl (C=O) groups is 1. The molecular formula is C11H13NO3. The molecule has 0 unspecified atom stereocenters. The van der Waals surface area contributed by atoms with Crippen LogP contribution < -0.4 is 0 Å². The van der Waals surface area contributed by atoms with Crippen LogP contribution in [0.1, 0.15) is 30.1 Å². The molecule has 0 aliphatic heterocycles. The van der Waals surface area contributed by atoms with Crippen LogP contribution in [0.25, 0.3) is 0 Å². The highest BCUT2D eigenvalue weighted by Crippen LogP contribution is 2.09. The third-order valence-electron chi connectivity index (χ3n) is 2.29. The molecule has 0 amide bonds. The third kappa shape index (κ3) is 3.16. The van der Waals surface area contributed by atoms with Crippen molar-refractivity contribution in [1.82, 2.24) is 0 Å². The van der Waals surface area contributed by atoms with Gasteiger partial charge in [-0.15, -0.1) is 0 Å². The molecule has 0 N–H and O–H groups in total. The summed E-state index contributed by atoms with van der Waals surface area (Å²) in [7, 11) is 0. The van der Waals surface area contributed by atoms with Crippen molar-refractivity contribution in [3.05, 3.63) is 46.0 Å². The number of carbonyl (C=O) groups excluding carboxylic acids is 1. The summed E-state index contributed by atoms with van der Waals surface area (Å²) in [4.78, 5) is 21.8. The van der Waals surface area contributed by atoms with Gasteiger partial charge in [0.15, 0.2) is 5.78 Å². The van der Waals surface area contributed by atoms with Crippen LogP contribution in [-0.2, 0) is 0 Å². The minimum atomic E-state index is -0.766. The summed E-state index contributed by atoms with van der Waals surface area (Å²) in [6.45, 7) is 1.71. The van der Waals surface area contributed by atoms with E-state index in [1.165, 1.54) is 0 Å². The second-order valence-electron chi connectivity index (χ2n) is 3.34. The van der Waals surface area contributed by atoms with E-state index in [1.807, 2.05) is 6.07 Å². The SMILES string of the molecule is CC[C@@H](CC(=O)c1ccccc1)[N+](=O)[O-]. The Kier molecular flexibility index (Phi) is 3.97. The maximum absolute atomic E-state index is 11.6. The Bertz CT molecular complexity index is 348. The molecule has 0 aliphatic rings. The summed E-state index contributed by atoms with van der Waals surface area (Å²) in [6.07, 6.45) is 0.360. The number of nitro groups is 1. The lowest BCUT2D eigenvalue weighted by molar-refractivity contribution is -0.521. The Morgan fingerprint density at radius 3 is 2.47 bits per heavy atom. The Morgan fingerprint density at radius 2 is 2.00 bits per heavy atom. The molecule has 80 valence electrons. The van der Waals surface area contributed by atoms with Crippen LogP contribution >= 0.6 is 0 Å². The number of benzene rings is 1. The highest BCUT2D eigenvalue weighted by atomic mass is 16.6. The van der Waals surface area contributed by atoms with Crippen molar-refractivity contribution < 1.29 is 9.72 Å². The van der Waals surface area contributed by atoms with Gasteiger partial charge in [-0.25, -0.2) is 0 Å². The molecule has 15 heavy (non-hydrogen) atoms. The lowest BCUT2D eigenvalue weighted by Crippen LogP contribution is -2.22. The van der Waals surface area contributed by atoms with Crippen molar-refractivity contribution in [2.75, 3.05) is 0 Å². The van der Waals surface area contributed by atoms with Gasteiger partial charge in [-0.3, -0.25) is 14.9 Å². The predicted molar refractivity (Wildman–Crippen MR) is 56.5 cm³/mol. The molecule has 0 saturated carbocycles. The predicted octanol–water partition coefficient (Wildman–Crippen LogP) is 2.31. The first kappa shape index (κ1) is 11.4. The number of nitrogens with zero attached hydrogens (tertiary/aromatic N) is 1. The third-order valence-corrected chi connectivity index (χ3v) is 2.29. The summed E-state index contributed by atoms with van der Waals surface area (Å²) < 4.78 is 0. The first-order valence-electron chi connectivity index (χ1n) is 4.87. The zero-order chi connectivity index (χ0) is 11.3. The van der Waals surface area contributed by atoms with Gasteiger partial charge in [0, 0.05) is 16.9 Å². The van der Waals surface area contributed by atoms with Gasteiger partial charge in [0.2, 0.25) is 6.04 Å². The van der Waals surface area contributed by atoms with Crippen LogP contribution in [0.2, 0.25) is 0 Å². The molecule has 0 aliphatic carbocycles. The molecule has 0 saturated heterocycles. The molecule has 0 aromatic heterocycles. The average molecular weight is 207 g/mol. The molecule has 1 rings (SSSR count). The lowest BCUT2D eigenvalue weighted by atomic mass is 10.0. The molecule has 1 aromatic rings. The van der Waals surface area contributed by atoms with Crippen LogP contribution in [0.15, 0.2) is 30.3 Å². The number of ketones is 1. The normalized spacial score (nSPS) is 12.1. The van der Waals surface area contributed by atoms with E-state index in [0.29, 0.717) is 12.0 Å². The Balaban J connectivity index is 2.67. The van der Waals surface area contributed by atoms with E-state index in [-0.39, 0.29) is 17.1 Å². The standard InChI is InChI=1S/C11H13NO3/c1-2-10(12(14)15)8-11(13)9-6-4-3-5-7-9/h3-7,10H,2,8H2,1H3/t10-/m0/s1. The molecule has 0 bridgehead atoms. The van der Waals surface area contributed by atoms with Gasteiger partial charge in [0.25, 0.3) is 0 Å². The number of Topliss-reactive ketones (excluding diaryl/α,β-unsaturated/α-hetero) is 1. The average Bonchev–Trinajstić information content (AvgIpc) is 2.26. The van der Waals surface area contributed by atoms with Crippen molar-refractivity contribution in [3.63, 3.8) is 0 Å². The van der Waals surface area contributed by atoms with Crippen LogP contribution in [0.3, 0.4) is 0 Å². The van der Waals surface area contributed by atoms with Gasteiger partial charge >= 0.3 is 0 Å². The van der Waals surface area contributed by atoms with Crippen molar-refractivity contribution in [2.24, 2.45) is 0 Å². The summed E-state index contributed by atoms with van der Waals surface area (Å²) >= 11 is 0. The smallest absolute Gasteiger partial charge is 0.220 e. The number of rotatable bonds is 5. The quantitative estimate of drug-likeness (QED) is 0.423. The van der Waals surface area contributed by atoms with Crippen molar-refractivity contribution in [1.29, 1.82) is 0 Å². The van der Waals surface area contributed by atoms with E-state index in [2.05, 4.69) is 0 Å². The zero-order valence-electron chi connectivity index (χ0n) is 8.55. The van der Waals surface area contributed by atoms with Crippen LogP contribution in [0, 0.1) is 10.1 Å².